The van der Waals surface area contributed by atoms with E-state index in [0.717, 1.165) is 26.1 Å². The van der Waals surface area contributed by atoms with E-state index < -0.39 is 5.97 Å². The Kier molecular flexibility index (Phi) is 3.06. The van der Waals surface area contributed by atoms with Gasteiger partial charge in [-0.25, -0.2) is 4.79 Å². The molecule has 104 valence electrons. The van der Waals surface area contributed by atoms with Gasteiger partial charge in [-0.2, -0.15) is 0 Å². The normalized spacial score (nSPS) is 26.3. The fourth-order valence-electron chi connectivity index (χ4n) is 3.11. The molecule has 2 fully saturated rings. The summed E-state index contributed by atoms with van der Waals surface area (Å²) in [5.41, 5.74) is 5.93. The van der Waals surface area contributed by atoms with Gasteiger partial charge in [-0.3, -0.25) is 0 Å². The standard InChI is InChI=1S/C12H18N4O3/c1-18-12(17)9-10(13)19-15-11(9)16-4-2-3-7-5-14-6-8(7)16/h7-8,14H,2-6,13H2,1H3. The Balaban J connectivity index is 1.95. The molecule has 0 radical (unpaired) electrons. The number of nitrogens with two attached hydrogens (primary N) is 1. The SMILES string of the molecule is COC(=O)c1c(N2CCCC3CNCC32)noc1N. The third-order valence-electron chi connectivity index (χ3n) is 4.04. The predicted octanol–water partition coefficient (Wildman–Crippen LogP) is 0.232. The zero-order chi connectivity index (χ0) is 13.4. The minimum absolute atomic E-state index is 0.0231. The first-order chi connectivity index (χ1) is 9.22. The van der Waals surface area contributed by atoms with Gasteiger partial charge in [0.2, 0.25) is 5.88 Å². The number of piperidine rings is 1. The average Bonchev–Trinajstić information content (AvgIpc) is 3.03. The number of hydrogen-bond acceptors (Lipinski definition) is 7. The lowest BCUT2D eigenvalue weighted by Gasteiger charge is -2.37. The number of esters is 1. The maximum atomic E-state index is 11.8. The molecular weight excluding hydrogens is 248 g/mol. The summed E-state index contributed by atoms with van der Waals surface area (Å²) >= 11 is 0. The molecule has 19 heavy (non-hydrogen) atoms. The van der Waals surface area contributed by atoms with Crippen molar-refractivity contribution in [1.29, 1.82) is 0 Å². The summed E-state index contributed by atoms with van der Waals surface area (Å²) in [4.78, 5) is 13.9. The van der Waals surface area contributed by atoms with E-state index in [1.807, 2.05) is 0 Å². The van der Waals surface area contributed by atoms with Crippen molar-refractivity contribution in [3.05, 3.63) is 5.56 Å². The minimum atomic E-state index is -0.498. The molecule has 0 aromatic carbocycles. The van der Waals surface area contributed by atoms with Crippen LogP contribution in [0.5, 0.6) is 0 Å². The van der Waals surface area contributed by atoms with Crippen molar-refractivity contribution in [1.82, 2.24) is 10.5 Å². The monoisotopic (exact) mass is 266 g/mol. The maximum absolute atomic E-state index is 11.8. The lowest BCUT2D eigenvalue weighted by Crippen LogP contribution is -2.46. The van der Waals surface area contributed by atoms with Gasteiger partial charge in [-0.1, -0.05) is 5.16 Å². The van der Waals surface area contributed by atoms with Crippen LogP contribution in [0.1, 0.15) is 23.2 Å². The zero-order valence-electron chi connectivity index (χ0n) is 10.9. The highest BCUT2D eigenvalue weighted by Gasteiger charge is 2.38. The van der Waals surface area contributed by atoms with Crippen LogP contribution in [0.25, 0.3) is 0 Å². The molecule has 7 nitrogen and oxygen atoms in total. The number of carbonyl (C=O) groups is 1. The van der Waals surface area contributed by atoms with Crippen LogP contribution >= 0.6 is 0 Å². The molecule has 0 amide bonds. The van der Waals surface area contributed by atoms with E-state index in [4.69, 9.17) is 15.0 Å². The predicted molar refractivity (Wildman–Crippen MR) is 69.0 cm³/mol. The third-order valence-corrected chi connectivity index (χ3v) is 4.04. The summed E-state index contributed by atoms with van der Waals surface area (Å²) in [6, 6.07) is 0.349. The van der Waals surface area contributed by atoms with Crippen molar-refractivity contribution >= 4 is 17.7 Å². The molecule has 1 aromatic heterocycles. The average molecular weight is 266 g/mol. The lowest BCUT2D eigenvalue weighted by molar-refractivity contribution is 0.0602. The second-order valence-electron chi connectivity index (χ2n) is 5.06. The van der Waals surface area contributed by atoms with Crippen molar-refractivity contribution in [3.63, 3.8) is 0 Å². The topological polar surface area (TPSA) is 93.6 Å². The van der Waals surface area contributed by atoms with Crippen LogP contribution in [-0.4, -0.2) is 43.9 Å². The van der Waals surface area contributed by atoms with Crippen molar-refractivity contribution in [2.45, 2.75) is 18.9 Å². The molecule has 1 aromatic rings. The fraction of sp³-hybridized carbons (Fsp3) is 0.667. The van der Waals surface area contributed by atoms with Crippen LogP contribution in [0.3, 0.4) is 0 Å². The molecule has 2 atom stereocenters. The number of rotatable bonds is 2. The van der Waals surface area contributed by atoms with E-state index >= 15 is 0 Å². The van der Waals surface area contributed by atoms with Gasteiger partial charge in [0.1, 0.15) is 0 Å². The molecular formula is C12H18N4O3. The van der Waals surface area contributed by atoms with Gasteiger partial charge in [-0.15, -0.1) is 0 Å². The lowest BCUT2D eigenvalue weighted by atomic mass is 9.92. The number of ether oxygens (including phenoxy) is 1. The summed E-state index contributed by atoms with van der Waals surface area (Å²) < 4.78 is 9.74. The molecule has 7 heteroatoms. The van der Waals surface area contributed by atoms with Gasteiger partial charge in [0.05, 0.1) is 7.11 Å². The van der Waals surface area contributed by atoms with Gasteiger partial charge in [-0.05, 0) is 18.8 Å². The third kappa shape index (κ3) is 1.94. The molecule has 2 aliphatic heterocycles. The molecule has 2 aliphatic rings. The van der Waals surface area contributed by atoms with Crippen LogP contribution in [-0.2, 0) is 4.74 Å². The first-order valence-corrected chi connectivity index (χ1v) is 6.53. The largest absolute Gasteiger partial charge is 0.465 e. The van der Waals surface area contributed by atoms with Crippen LogP contribution < -0.4 is 16.0 Å². The van der Waals surface area contributed by atoms with Crippen molar-refractivity contribution in [2.75, 3.05) is 37.4 Å². The number of nitrogen functional groups attached to an aromatic ring is 1. The molecule has 3 heterocycles. The van der Waals surface area contributed by atoms with Gasteiger partial charge in [0.25, 0.3) is 0 Å². The van der Waals surface area contributed by atoms with Crippen molar-refractivity contribution in [3.8, 4) is 0 Å². The number of aromatic nitrogens is 1. The summed E-state index contributed by atoms with van der Waals surface area (Å²) in [5, 5.41) is 7.35. The molecule has 3 N–H and O–H groups in total. The second-order valence-corrected chi connectivity index (χ2v) is 5.06. The first-order valence-electron chi connectivity index (χ1n) is 6.53. The van der Waals surface area contributed by atoms with Crippen molar-refractivity contribution < 1.29 is 14.1 Å². The highest BCUT2D eigenvalue weighted by molar-refractivity contribution is 5.99. The van der Waals surface area contributed by atoms with E-state index in [2.05, 4.69) is 15.4 Å². The Morgan fingerprint density at radius 3 is 3.21 bits per heavy atom. The number of carbonyl (C=O) groups excluding carboxylic acids is 1. The van der Waals surface area contributed by atoms with Gasteiger partial charge < -0.3 is 25.2 Å². The molecule has 2 unspecified atom stereocenters. The summed E-state index contributed by atoms with van der Waals surface area (Å²) in [5.74, 6) is 0.636. The summed E-state index contributed by atoms with van der Waals surface area (Å²) in [7, 11) is 1.33. The number of anilines is 2. The highest BCUT2D eigenvalue weighted by Crippen LogP contribution is 2.34. The Labute approximate surface area is 111 Å². The Morgan fingerprint density at radius 1 is 1.58 bits per heavy atom. The molecule has 0 saturated carbocycles. The molecule has 2 saturated heterocycles. The zero-order valence-corrected chi connectivity index (χ0v) is 10.9. The maximum Gasteiger partial charge on any atom is 0.347 e. The van der Waals surface area contributed by atoms with E-state index in [-0.39, 0.29) is 11.4 Å². The summed E-state index contributed by atoms with van der Waals surface area (Å²) in [6.07, 6.45) is 2.28. The molecule has 0 spiro atoms. The smallest absolute Gasteiger partial charge is 0.347 e. The summed E-state index contributed by atoms with van der Waals surface area (Å²) in [6.45, 7) is 2.78. The van der Waals surface area contributed by atoms with Gasteiger partial charge in [0, 0.05) is 25.7 Å². The first kappa shape index (κ1) is 12.3. The minimum Gasteiger partial charge on any atom is -0.465 e. The van der Waals surface area contributed by atoms with E-state index in [1.165, 1.54) is 13.5 Å². The van der Waals surface area contributed by atoms with Crippen LogP contribution in [0.4, 0.5) is 11.7 Å². The van der Waals surface area contributed by atoms with Crippen LogP contribution in [0.15, 0.2) is 4.52 Å². The van der Waals surface area contributed by atoms with E-state index in [1.54, 1.807) is 0 Å². The number of methoxy groups -OCH3 is 1. The van der Waals surface area contributed by atoms with Crippen molar-refractivity contribution in [2.24, 2.45) is 5.92 Å². The van der Waals surface area contributed by atoms with Crippen LogP contribution in [0, 0.1) is 5.92 Å². The Hall–Kier alpha value is -1.76. The van der Waals surface area contributed by atoms with E-state index in [0.29, 0.717) is 17.8 Å². The Bertz CT molecular complexity index is 487. The fourth-order valence-corrected chi connectivity index (χ4v) is 3.11. The number of nitrogens with zero attached hydrogens (tertiary/aromatic N) is 2. The van der Waals surface area contributed by atoms with E-state index in [9.17, 15) is 4.79 Å². The highest BCUT2D eigenvalue weighted by atomic mass is 16.5. The Morgan fingerprint density at radius 2 is 2.42 bits per heavy atom. The number of hydrogen-bond donors (Lipinski definition) is 2. The quantitative estimate of drug-likeness (QED) is 0.740. The number of fused-ring (bicyclic) bond motifs is 1. The molecule has 0 bridgehead atoms. The van der Waals surface area contributed by atoms with Gasteiger partial charge >= 0.3 is 5.97 Å². The second kappa shape index (κ2) is 4.73. The number of nitrogens with one attached hydrogen (secondary N) is 1. The molecule has 3 rings (SSSR count). The van der Waals surface area contributed by atoms with Gasteiger partial charge in [0.15, 0.2) is 11.4 Å². The molecule has 0 aliphatic carbocycles. The van der Waals surface area contributed by atoms with Crippen LogP contribution in [0.2, 0.25) is 0 Å².